The third-order valence-corrected chi connectivity index (χ3v) is 4.24. The molecule has 0 aromatic heterocycles. The van der Waals surface area contributed by atoms with E-state index >= 15 is 0 Å². The van der Waals surface area contributed by atoms with E-state index in [0.29, 0.717) is 12.1 Å². The van der Waals surface area contributed by atoms with Crippen molar-refractivity contribution in [2.45, 2.75) is 39.4 Å². The second-order valence-electron chi connectivity index (χ2n) is 5.72. The van der Waals surface area contributed by atoms with Crippen LogP contribution in [0.3, 0.4) is 0 Å². The predicted molar refractivity (Wildman–Crippen MR) is 82.7 cm³/mol. The summed E-state index contributed by atoms with van der Waals surface area (Å²) in [5.74, 6) is 0. The minimum Gasteiger partial charge on any atom is -0.368 e. The van der Waals surface area contributed by atoms with Crippen LogP contribution in [0.5, 0.6) is 0 Å². The van der Waals surface area contributed by atoms with E-state index in [9.17, 15) is 0 Å². The van der Waals surface area contributed by atoms with Crippen LogP contribution in [0.1, 0.15) is 26.3 Å². The molecule has 3 nitrogen and oxygen atoms in total. The van der Waals surface area contributed by atoms with E-state index < -0.39 is 0 Å². The molecule has 106 valence electrons. The van der Waals surface area contributed by atoms with E-state index in [1.165, 1.54) is 11.3 Å². The zero-order valence-corrected chi connectivity index (χ0v) is 12.7. The average molecular weight is 261 g/mol. The fourth-order valence-corrected chi connectivity index (χ4v) is 2.71. The molecule has 0 bridgehead atoms. The number of piperazine rings is 1. The van der Waals surface area contributed by atoms with Crippen molar-refractivity contribution in [2.75, 3.05) is 31.6 Å². The van der Waals surface area contributed by atoms with Crippen molar-refractivity contribution in [2.24, 2.45) is 0 Å². The molecular weight excluding hydrogens is 234 g/mol. The first-order valence-electron chi connectivity index (χ1n) is 7.38. The Hall–Kier alpha value is -1.06. The Morgan fingerprint density at radius 1 is 1.11 bits per heavy atom. The van der Waals surface area contributed by atoms with Crippen molar-refractivity contribution in [1.29, 1.82) is 0 Å². The number of rotatable bonds is 4. The van der Waals surface area contributed by atoms with Crippen LogP contribution in [0.15, 0.2) is 24.3 Å². The maximum Gasteiger partial charge on any atom is 0.0367 e. The molecule has 1 fully saturated rings. The number of hydrogen-bond acceptors (Lipinski definition) is 3. The third kappa shape index (κ3) is 3.48. The van der Waals surface area contributed by atoms with Crippen molar-refractivity contribution < 1.29 is 0 Å². The van der Waals surface area contributed by atoms with Gasteiger partial charge in [-0.15, -0.1) is 0 Å². The van der Waals surface area contributed by atoms with Gasteiger partial charge in [0.2, 0.25) is 0 Å². The molecule has 1 N–H and O–H groups in total. The Labute approximate surface area is 117 Å². The van der Waals surface area contributed by atoms with E-state index in [0.717, 1.165) is 26.2 Å². The molecule has 0 aliphatic carbocycles. The summed E-state index contributed by atoms with van der Waals surface area (Å²) in [5.41, 5.74) is 2.72. The van der Waals surface area contributed by atoms with Crippen LogP contribution >= 0.6 is 0 Å². The lowest BCUT2D eigenvalue weighted by molar-refractivity contribution is 0.170. The molecule has 0 amide bonds. The normalized spacial score (nSPS) is 24.7. The van der Waals surface area contributed by atoms with Gasteiger partial charge in [-0.1, -0.05) is 19.1 Å². The van der Waals surface area contributed by atoms with E-state index in [1.54, 1.807) is 0 Å². The van der Waals surface area contributed by atoms with Crippen LogP contribution in [0.4, 0.5) is 5.69 Å². The van der Waals surface area contributed by atoms with Gasteiger partial charge in [-0.05, 0) is 45.1 Å². The minimum atomic E-state index is 0.616. The molecule has 0 radical (unpaired) electrons. The molecule has 19 heavy (non-hydrogen) atoms. The third-order valence-electron chi connectivity index (χ3n) is 4.24. The summed E-state index contributed by atoms with van der Waals surface area (Å²) in [7, 11) is 2.23. The quantitative estimate of drug-likeness (QED) is 0.897. The molecule has 1 aliphatic rings. The highest BCUT2D eigenvalue weighted by Gasteiger charge is 2.26. The maximum absolute atomic E-state index is 3.36. The monoisotopic (exact) mass is 261 g/mol. The van der Waals surface area contributed by atoms with Crippen LogP contribution in [0.25, 0.3) is 0 Å². The molecule has 1 heterocycles. The molecule has 1 saturated heterocycles. The minimum absolute atomic E-state index is 0.616. The topological polar surface area (TPSA) is 18.5 Å². The summed E-state index contributed by atoms with van der Waals surface area (Å²) >= 11 is 0. The first-order valence-corrected chi connectivity index (χ1v) is 7.38. The molecule has 1 aromatic rings. The van der Waals surface area contributed by atoms with E-state index in [4.69, 9.17) is 0 Å². The van der Waals surface area contributed by atoms with Gasteiger partial charge in [-0.3, -0.25) is 4.90 Å². The van der Waals surface area contributed by atoms with E-state index in [1.807, 2.05) is 0 Å². The Morgan fingerprint density at radius 3 is 2.21 bits per heavy atom. The van der Waals surface area contributed by atoms with Gasteiger partial charge in [0.1, 0.15) is 0 Å². The molecule has 1 aliphatic heterocycles. The van der Waals surface area contributed by atoms with Crippen LogP contribution in [0, 0.1) is 0 Å². The van der Waals surface area contributed by atoms with Gasteiger partial charge in [0.15, 0.2) is 0 Å². The van der Waals surface area contributed by atoms with Gasteiger partial charge >= 0.3 is 0 Å². The average Bonchev–Trinajstić information content (AvgIpc) is 2.42. The fraction of sp³-hybridized carbons (Fsp3) is 0.625. The summed E-state index contributed by atoms with van der Waals surface area (Å²) in [5, 5.41) is 3.36. The van der Waals surface area contributed by atoms with E-state index in [2.05, 4.69) is 67.2 Å². The SMILES string of the molecule is CCNCc1ccc(N2CC(C)N(C)C(C)C2)cc1. The molecule has 0 spiro atoms. The summed E-state index contributed by atoms with van der Waals surface area (Å²) in [6.07, 6.45) is 0. The molecule has 1 aromatic carbocycles. The molecule has 3 heteroatoms. The van der Waals surface area contributed by atoms with Gasteiger partial charge < -0.3 is 10.2 Å². The zero-order chi connectivity index (χ0) is 13.8. The second kappa shape index (κ2) is 6.40. The van der Waals surface area contributed by atoms with Gasteiger partial charge in [0, 0.05) is 37.4 Å². The fourth-order valence-electron chi connectivity index (χ4n) is 2.71. The predicted octanol–water partition coefficient (Wildman–Crippen LogP) is 2.32. The zero-order valence-electron chi connectivity index (χ0n) is 12.7. The number of nitrogens with zero attached hydrogens (tertiary/aromatic N) is 2. The number of nitrogens with one attached hydrogen (secondary N) is 1. The number of hydrogen-bond donors (Lipinski definition) is 1. The summed E-state index contributed by atoms with van der Waals surface area (Å²) in [4.78, 5) is 4.97. The van der Waals surface area contributed by atoms with Crippen molar-refractivity contribution in [3.05, 3.63) is 29.8 Å². The summed E-state index contributed by atoms with van der Waals surface area (Å²) < 4.78 is 0. The molecule has 2 unspecified atom stereocenters. The lowest BCUT2D eigenvalue weighted by Crippen LogP contribution is -2.55. The molecule has 2 atom stereocenters. The Morgan fingerprint density at radius 2 is 1.68 bits per heavy atom. The van der Waals surface area contributed by atoms with Gasteiger partial charge in [0.25, 0.3) is 0 Å². The van der Waals surface area contributed by atoms with Crippen molar-refractivity contribution in [3.8, 4) is 0 Å². The molecule has 2 rings (SSSR count). The molecular formula is C16H27N3. The smallest absolute Gasteiger partial charge is 0.0367 e. The largest absolute Gasteiger partial charge is 0.368 e. The standard InChI is InChI=1S/C16H27N3/c1-5-17-10-15-6-8-16(9-7-15)19-11-13(2)18(4)14(3)12-19/h6-9,13-14,17H,5,10-12H2,1-4H3. The van der Waals surface area contributed by atoms with Crippen molar-refractivity contribution in [1.82, 2.24) is 10.2 Å². The Kier molecular flexibility index (Phi) is 4.83. The number of benzene rings is 1. The van der Waals surface area contributed by atoms with Crippen molar-refractivity contribution in [3.63, 3.8) is 0 Å². The lowest BCUT2D eigenvalue weighted by atomic mass is 10.1. The van der Waals surface area contributed by atoms with Crippen molar-refractivity contribution >= 4 is 5.69 Å². The Balaban J connectivity index is 2.02. The number of anilines is 1. The first-order chi connectivity index (χ1) is 9.11. The maximum atomic E-state index is 3.36. The van der Waals surface area contributed by atoms with Crippen LogP contribution < -0.4 is 10.2 Å². The highest BCUT2D eigenvalue weighted by atomic mass is 15.3. The van der Waals surface area contributed by atoms with Gasteiger partial charge in [-0.25, -0.2) is 0 Å². The second-order valence-corrected chi connectivity index (χ2v) is 5.72. The van der Waals surface area contributed by atoms with Crippen LogP contribution in [-0.2, 0) is 6.54 Å². The van der Waals surface area contributed by atoms with Crippen LogP contribution in [-0.4, -0.2) is 43.7 Å². The lowest BCUT2D eigenvalue weighted by Gasteiger charge is -2.43. The Bertz CT molecular complexity index is 375. The first kappa shape index (κ1) is 14.4. The molecule has 0 saturated carbocycles. The van der Waals surface area contributed by atoms with Gasteiger partial charge in [-0.2, -0.15) is 0 Å². The van der Waals surface area contributed by atoms with Crippen LogP contribution in [0.2, 0.25) is 0 Å². The highest BCUT2D eigenvalue weighted by Crippen LogP contribution is 2.21. The summed E-state index contributed by atoms with van der Waals surface area (Å²) in [6, 6.07) is 10.2. The number of likely N-dealkylation sites (N-methyl/N-ethyl adjacent to an activating group) is 1. The van der Waals surface area contributed by atoms with Gasteiger partial charge in [0.05, 0.1) is 0 Å². The summed E-state index contributed by atoms with van der Waals surface area (Å²) in [6.45, 7) is 11.0. The highest BCUT2D eigenvalue weighted by molar-refractivity contribution is 5.48. The van der Waals surface area contributed by atoms with E-state index in [-0.39, 0.29) is 0 Å².